The number of sulfonamides is 1. The first-order valence-corrected chi connectivity index (χ1v) is 7.59. The molecular formula is C12H22N4O3S. The van der Waals surface area contributed by atoms with Crippen molar-refractivity contribution in [3.8, 4) is 0 Å². The maximum absolute atomic E-state index is 11.2. The largest absolute Gasteiger partial charge is 0.398 e. The Morgan fingerprint density at radius 1 is 1.40 bits per heavy atom. The second-order valence-electron chi connectivity index (χ2n) is 5.39. The van der Waals surface area contributed by atoms with E-state index in [0.717, 1.165) is 0 Å². The minimum absolute atomic E-state index is 0.0738. The summed E-state index contributed by atoms with van der Waals surface area (Å²) in [7, 11) is -0.0815. The summed E-state index contributed by atoms with van der Waals surface area (Å²) >= 11 is 0. The summed E-state index contributed by atoms with van der Waals surface area (Å²) < 4.78 is 22.5. The van der Waals surface area contributed by atoms with Gasteiger partial charge in [-0.1, -0.05) is 0 Å². The van der Waals surface area contributed by atoms with Crippen molar-refractivity contribution in [3.05, 3.63) is 18.2 Å². The topological polar surface area (TPSA) is 122 Å². The normalized spacial score (nSPS) is 15.1. The Balaban J connectivity index is 2.79. The van der Waals surface area contributed by atoms with Crippen molar-refractivity contribution in [2.75, 3.05) is 38.2 Å². The molecule has 0 aliphatic rings. The van der Waals surface area contributed by atoms with Crippen molar-refractivity contribution < 1.29 is 13.5 Å². The zero-order valence-corrected chi connectivity index (χ0v) is 12.7. The molecule has 0 saturated carbocycles. The Labute approximate surface area is 119 Å². The molecule has 0 aromatic heterocycles. The highest BCUT2D eigenvalue weighted by Crippen LogP contribution is 2.21. The van der Waals surface area contributed by atoms with E-state index in [2.05, 4.69) is 5.32 Å². The van der Waals surface area contributed by atoms with E-state index < -0.39 is 15.6 Å². The highest BCUT2D eigenvalue weighted by atomic mass is 32.2. The molecule has 8 heteroatoms. The minimum Gasteiger partial charge on any atom is -0.398 e. The van der Waals surface area contributed by atoms with Gasteiger partial charge in [0, 0.05) is 18.8 Å². The average Bonchev–Trinajstić information content (AvgIpc) is 2.23. The highest BCUT2D eigenvalue weighted by molar-refractivity contribution is 7.89. The summed E-state index contributed by atoms with van der Waals surface area (Å²) in [6.45, 7) is 2.51. The third-order valence-electron chi connectivity index (χ3n) is 2.65. The Morgan fingerprint density at radius 3 is 2.45 bits per heavy atom. The van der Waals surface area contributed by atoms with Crippen LogP contribution in [-0.4, -0.2) is 51.2 Å². The number of rotatable bonds is 6. The number of hydrogen-bond acceptors (Lipinski definition) is 6. The predicted octanol–water partition coefficient (Wildman–Crippen LogP) is -0.359. The number of hydrogen-bond donors (Lipinski definition) is 4. The number of likely N-dealkylation sites (N-methyl/N-ethyl adjacent to an activating group) is 1. The molecule has 1 unspecified atom stereocenters. The van der Waals surface area contributed by atoms with E-state index in [1.54, 1.807) is 13.0 Å². The van der Waals surface area contributed by atoms with Crippen LogP contribution in [0.4, 0.5) is 11.4 Å². The van der Waals surface area contributed by atoms with Crippen LogP contribution in [-0.2, 0) is 10.0 Å². The van der Waals surface area contributed by atoms with Gasteiger partial charge in [-0.15, -0.1) is 0 Å². The van der Waals surface area contributed by atoms with Crippen LogP contribution in [0.3, 0.4) is 0 Å². The molecule has 20 heavy (non-hydrogen) atoms. The van der Waals surface area contributed by atoms with Crippen LogP contribution >= 0.6 is 0 Å². The molecule has 0 saturated heterocycles. The van der Waals surface area contributed by atoms with Crippen molar-refractivity contribution in [3.63, 3.8) is 0 Å². The number of primary sulfonamides is 1. The first kappa shape index (κ1) is 16.7. The molecule has 6 N–H and O–H groups in total. The smallest absolute Gasteiger partial charge is 0.240 e. The Kier molecular flexibility index (Phi) is 4.98. The van der Waals surface area contributed by atoms with Gasteiger partial charge >= 0.3 is 0 Å². The van der Waals surface area contributed by atoms with Gasteiger partial charge in [-0.25, -0.2) is 13.6 Å². The molecule has 0 fully saturated rings. The lowest BCUT2D eigenvalue weighted by atomic mass is 10.1. The van der Waals surface area contributed by atoms with Gasteiger partial charge in [-0.3, -0.25) is 0 Å². The van der Waals surface area contributed by atoms with E-state index >= 15 is 0 Å². The summed E-state index contributed by atoms with van der Waals surface area (Å²) in [5.74, 6) is 0. The van der Waals surface area contributed by atoms with Gasteiger partial charge < -0.3 is 21.1 Å². The van der Waals surface area contributed by atoms with Crippen molar-refractivity contribution in [2.45, 2.75) is 17.4 Å². The lowest BCUT2D eigenvalue weighted by Gasteiger charge is -2.27. The second kappa shape index (κ2) is 5.96. The number of nitrogens with one attached hydrogen (secondary N) is 1. The molecule has 1 atom stereocenters. The molecule has 1 rings (SSSR count). The van der Waals surface area contributed by atoms with Gasteiger partial charge in [0.15, 0.2) is 0 Å². The molecule has 0 aliphatic heterocycles. The van der Waals surface area contributed by atoms with Gasteiger partial charge in [-0.2, -0.15) is 0 Å². The van der Waals surface area contributed by atoms with Crippen LogP contribution in [0.5, 0.6) is 0 Å². The van der Waals surface area contributed by atoms with Gasteiger partial charge in [0.2, 0.25) is 10.0 Å². The van der Waals surface area contributed by atoms with Crippen molar-refractivity contribution in [1.82, 2.24) is 4.90 Å². The zero-order chi connectivity index (χ0) is 15.6. The summed E-state index contributed by atoms with van der Waals surface area (Å²) in [6, 6.07) is 4.38. The predicted molar refractivity (Wildman–Crippen MR) is 79.9 cm³/mol. The molecule has 7 nitrogen and oxygen atoms in total. The van der Waals surface area contributed by atoms with E-state index in [4.69, 9.17) is 10.9 Å². The van der Waals surface area contributed by atoms with Crippen molar-refractivity contribution in [1.29, 1.82) is 0 Å². The molecule has 1 aromatic rings. The van der Waals surface area contributed by atoms with Gasteiger partial charge in [-0.05, 0) is 39.2 Å². The van der Waals surface area contributed by atoms with E-state index in [-0.39, 0.29) is 10.6 Å². The van der Waals surface area contributed by atoms with Crippen LogP contribution in [0.2, 0.25) is 0 Å². The van der Waals surface area contributed by atoms with E-state index in [1.807, 2.05) is 19.0 Å². The monoisotopic (exact) mass is 302 g/mol. The molecule has 0 bridgehead atoms. The quantitative estimate of drug-likeness (QED) is 0.532. The van der Waals surface area contributed by atoms with Gasteiger partial charge in [0.25, 0.3) is 0 Å². The van der Waals surface area contributed by atoms with Crippen LogP contribution in [0.15, 0.2) is 23.1 Å². The fourth-order valence-corrected chi connectivity index (χ4v) is 2.59. The second-order valence-corrected chi connectivity index (χ2v) is 6.92. The van der Waals surface area contributed by atoms with Gasteiger partial charge in [0.1, 0.15) is 4.90 Å². The molecule has 0 amide bonds. The average molecular weight is 302 g/mol. The first-order chi connectivity index (χ1) is 9.01. The Morgan fingerprint density at radius 2 is 2.00 bits per heavy atom. The summed E-state index contributed by atoms with van der Waals surface area (Å²) in [5.41, 5.74) is 5.43. The Hall–Kier alpha value is -1.35. The number of anilines is 2. The number of nitrogens with zero attached hydrogens (tertiary/aromatic N) is 1. The lowest BCUT2D eigenvalue weighted by molar-refractivity contribution is 0.0460. The van der Waals surface area contributed by atoms with Crippen LogP contribution < -0.4 is 16.2 Å². The molecular weight excluding hydrogens is 280 g/mol. The molecule has 0 heterocycles. The van der Waals surface area contributed by atoms with E-state index in [0.29, 0.717) is 18.8 Å². The van der Waals surface area contributed by atoms with Crippen LogP contribution in [0, 0.1) is 0 Å². The number of aliphatic hydroxyl groups is 1. The summed E-state index contributed by atoms with van der Waals surface area (Å²) in [5, 5.41) is 18.2. The lowest BCUT2D eigenvalue weighted by Crippen LogP contribution is -2.43. The third-order valence-corrected chi connectivity index (χ3v) is 3.63. The summed E-state index contributed by atoms with van der Waals surface area (Å²) in [6.07, 6.45) is 0. The molecule has 0 spiro atoms. The molecule has 114 valence electrons. The Bertz CT molecular complexity index is 570. The maximum atomic E-state index is 11.2. The number of benzene rings is 1. The maximum Gasteiger partial charge on any atom is 0.240 e. The SMILES string of the molecule is CN(C)CC(C)(O)CNc1ccc(S(N)(=O)=O)c(N)c1. The zero-order valence-electron chi connectivity index (χ0n) is 11.9. The summed E-state index contributed by atoms with van der Waals surface area (Å²) in [4.78, 5) is 1.77. The minimum atomic E-state index is -3.82. The van der Waals surface area contributed by atoms with Crippen molar-refractivity contribution in [2.24, 2.45) is 5.14 Å². The van der Waals surface area contributed by atoms with Crippen LogP contribution in [0.1, 0.15) is 6.92 Å². The molecule has 0 aliphatic carbocycles. The van der Waals surface area contributed by atoms with Gasteiger partial charge in [0.05, 0.1) is 11.3 Å². The molecule has 1 aromatic carbocycles. The van der Waals surface area contributed by atoms with Crippen molar-refractivity contribution >= 4 is 21.4 Å². The fraction of sp³-hybridized carbons (Fsp3) is 0.500. The number of nitrogens with two attached hydrogens (primary N) is 2. The van der Waals surface area contributed by atoms with E-state index in [1.165, 1.54) is 12.1 Å². The standard InChI is InChI=1S/C12H22N4O3S/c1-12(17,8-16(2)3)7-15-9-4-5-11(10(13)6-9)20(14,18)19/h4-6,15,17H,7-8,13H2,1-3H3,(H2,14,18,19). The van der Waals surface area contributed by atoms with E-state index in [9.17, 15) is 13.5 Å². The van der Waals surface area contributed by atoms with Crippen LogP contribution in [0.25, 0.3) is 0 Å². The first-order valence-electron chi connectivity index (χ1n) is 6.04. The number of nitrogen functional groups attached to an aromatic ring is 1. The third kappa shape index (κ3) is 4.97. The highest BCUT2D eigenvalue weighted by Gasteiger charge is 2.21. The fourth-order valence-electron chi connectivity index (χ4n) is 1.95. The molecule has 0 radical (unpaired) electrons.